The van der Waals surface area contributed by atoms with Gasteiger partial charge in [-0.05, 0) is 19.4 Å². The standard InChI is InChI=1S/C16H25N7O/c1-5-13-10-14(21(4)19-13)11-15(24)22-6-8-23(9-7-22)16-18-17-12(2)20(16)3/h10H,5-9,11H2,1-4H3. The van der Waals surface area contributed by atoms with Gasteiger partial charge < -0.3 is 14.4 Å². The summed E-state index contributed by atoms with van der Waals surface area (Å²) in [4.78, 5) is 16.7. The third kappa shape index (κ3) is 3.13. The quantitative estimate of drug-likeness (QED) is 0.806. The maximum atomic E-state index is 12.6. The van der Waals surface area contributed by atoms with Crippen molar-refractivity contribution < 1.29 is 4.79 Å². The fourth-order valence-corrected chi connectivity index (χ4v) is 3.00. The summed E-state index contributed by atoms with van der Waals surface area (Å²) in [5.74, 6) is 1.93. The first kappa shape index (κ1) is 16.5. The second-order valence-electron chi connectivity index (χ2n) is 6.26. The van der Waals surface area contributed by atoms with E-state index in [2.05, 4.69) is 27.1 Å². The second kappa shape index (κ2) is 6.62. The number of hydrogen-bond donors (Lipinski definition) is 0. The van der Waals surface area contributed by atoms with E-state index in [4.69, 9.17) is 0 Å². The third-order valence-electron chi connectivity index (χ3n) is 4.71. The summed E-state index contributed by atoms with van der Waals surface area (Å²) in [6.07, 6.45) is 1.30. The van der Waals surface area contributed by atoms with Gasteiger partial charge in [0.15, 0.2) is 0 Å². The molecule has 1 aliphatic heterocycles. The molecule has 0 aliphatic carbocycles. The van der Waals surface area contributed by atoms with Gasteiger partial charge in [0.2, 0.25) is 11.9 Å². The Balaban J connectivity index is 1.59. The fourth-order valence-electron chi connectivity index (χ4n) is 3.00. The number of anilines is 1. The van der Waals surface area contributed by atoms with E-state index in [0.29, 0.717) is 19.5 Å². The lowest BCUT2D eigenvalue weighted by Gasteiger charge is -2.35. The first-order valence-electron chi connectivity index (χ1n) is 8.40. The lowest BCUT2D eigenvalue weighted by atomic mass is 10.2. The molecule has 130 valence electrons. The summed E-state index contributed by atoms with van der Waals surface area (Å²) >= 11 is 0. The minimum Gasteiger partial charge on any atom is -0.339 e. The molecule has 3 heterocycles. The number of hydrogen-bond acceptors (Lipinski definition) is 5. The highest BCUT2D eigenvalue weighted by molar-refractivity contribution is 5.78. The molecule has 0 unspecified atom stereocenters. The van der Waals surface area contributed by atoms with Crippen LogP contribution in [0.1, 0.15) is 24.1 Å². The number of nitrogens with zero attached hydrogens (tertiary/aromatic N) is 7. The topological polar surface area (TPSA) is 72.1 Å². The average molecular weight is 331 g/mol. The minimum atomic E-state index is 0.162. The van der Waals surface area contributed by atoms with Crippen LogP contribution in [0.5, 0.6) is 0 Å². The molecule has 0 radical (unpaired) electrons. The molecule has 2 aromatic rings. The average Bonchev–Trinajstić information content (AvgIpc) is 3.11. The monoisotopic (exact) mass is 331 g/mol. The van der Waals surface area contributed by atoms with Gasteiger partial charge in [0.25, 0.3) is 0 Å². The Hall–Kier alpha value is -2.38. The van der Waals surface area contributed by atoms with E-state index in [0.717, 1.165) is 42.7 Å². The van der Waals surface area contributed by atoms with E-state index in [-0.39, 0.29) is 5.91 Å². The Bertz CT molecular complexity index is 725. The molecule has 1 saturated heterocycles. The van der Waals surface area contributed by atoms with E-state index in [9.17, 15) is 4.79 Å². The summed E-state index contributed by atoms with van der Waals surface area (Å²) in [5, 5.41) is 12.7. The maximum absolute atomic E-state index is 12.6. The Kier molecular flexibility index (Phi) is 4.55. The molecule has 0 aromatic carbocycles. The highest BCUT2D eigenvalue weighted by atomic mass is 16.2. The number of amides is 1. The van der Waals surface area contributed by atoms with Crippen LogP contribution in [-0.4, -0.2) is 61.5 Å². The molecule has 1 fully saturated rings. The summed E-state index contributed by atoms with van der Waals surface area (Å²) in [6, 6.07) is 2.02. The number of piperazine rings is 1. The van der Waals surface area contributed by atoms with Crippen LogP contribution >= 0.6 is 0 Å². The number of rotatable bonds is 4. The normalized spacial score (nSPS) is 15.2. The van der Waals surface area contributed by atoms with Crippen LogP contribution in [0.15, 0.2) is 6.07 Å². The minimum absolute atomic E-state index is 0.162. The van der Waals surface area contributed by atoms with Gasteiger partial charge in [-0.25, -0.2) is 0 Å². The van der Waals surface area contributed by atoms with Crippen molar-refractivity contribution in [1.29, 1.82) is 0 Å². The van der Waals surface area contributed by atoms with E-state index < -0.39 is 0 Å². The van der Waals surface area contributed by atoms with Crippen LogP contribution in [0.25, 0.3) is 0 Å². The number of carbonyl (C=O) groups excluding carboxylic acids is 1. The van der Waals surface area contributed by atoms with Gasteiger partial charge >= 0.3 is 0 Å². The van der Waals surface area contributed by atoms with E-state index in [1.165, 1.54) is 0 Å². The van der Waals surface area contributed by atoms with Crippen molar-refractivity contribution in [2.24, 2.45) is 14.1 Å². The molecule has 1 amide bonds. The third-order valence-corrected chi connectivity index (χ3v) is 4.71. The molecule has 0 atom stereocenters. The molecular formula is C16H25N7O. The zero-order valence-electron chi connectivity index (χ0n) is 14.9. The van der Waals surface area contributed by atoms with Gasteiger partial charge in [-0.1, -0.05) is 6.92 Å². The molecule has 2 aromatic heterocycles. The van der Waals surface area contributed by atoms with Crippen molar-refractivity contribution >= 4 is 11.9 Å². The predicted octanol–water partition coefficient (Wildman–Crippen LogP) is 0.311. The SMILES string of the molecule is CCc1cc(CC(=O)N2CCN(c3nnc(C)n3C)CC2)n(C)n1. The van der Waals surface area contributed by atoms with Gasteiger partial charge in [0.05, 0.1) is 12.1 Å². The smallest absolute Gasteiger partial charge is 0.228 e. The van der Waals surface area contributed by atoms with Crippen molar-refractivity contribution in [2.45, 2.75) is 26.7 Å². The Labute approximate surface area is 142 Å². The van der Waals surface area contributed by atoms with Crippen molar-refractivity contribution in [3.63, 3.8) is 0 Å². The van der Waals surface area contributed by atoms with Gasteiger partial charge in [-0.15, -0.1) is 10.2 Å². The number of aryl methyl sites for hydroxylation is 3. The van der Waals surface area contributed by atoms with E-state index in [1.807, 2.05) is 41.2 Å². The Morgan fingerprint density at radius 2 is 1.88 bits per heavy atom. The van der Waals surface area contributed by atoms with Crippen LogP contribution < -0.4 is 4.90 Å². The molecule has 0 spiro atoms. The highest BCUT2D eigenvalue weighted by Crippen LogP contribution is 2.15. The molecule has 0 bridgehead atoms. The van der Waals surface area contributed by atoms with Crippen LogP contribution in [0.2, 0.25) is 0 Å². The predicted molar refractivity (Wildman–Crippen MR) is 90.8 cm³/mol. The fraction of sp³-hybridized carbons (Fsp3) is 0.625. The first-order chi connectivity index (χ1) is 11.5. The second-order valence-corrected chi connectivity index (χ2v) is 6.26. The van der Waals surface area contributed by atoms with E-state index >= 15 is 0 Å². The molecule has 8 heteroatoms. The van der Waals surface area contributed by atoms with Crippen molar-refractivity contribution in [2.75, 3.05) is 31.1 Å². The van der Waals surface area contributed by atoms with Gasteiger partial charge in [0.1, 0.15) is 5.82 Å². The largest absolute Gasteiger partial charge is 0.339 e. The molecule has 3 rings (SSSR count). The van der Waals surface area contributed by atoms with Crippen LogP contribution in [-0.2, 0) is 31.7 Å². The van der Waals surface area contributed by atoms with Crippen LogP contribution in [0.4, 0.5) is 5.95 Å². The Morgan fingerprint density at radius 1 is 1.17 bits per heavy atom. The lowest BCUT2D eigenvalue weighted by Crippen LogP contribution is -2.50. The molecule has 0 N–H and O–H groups in total. The zero-order valence-corrected chi connectivity index (χ0v) is 14.9. The highest BCUT2D eigenvalue weighted by Gasteiger charge is 2.24. The zero-order chi connectivity index (χ0) is 17.3. The molecule has 0 saturated carbocycles. The summed E-state index contributed by atoms with van der Waals surface area (Å²) < 4.78 is 3.80. The van der Waals surface area contributed by atoms with Crippen molar-refractivity contribution in [1.82, 2.24) is 29.4 Å². The first-order valence-corrected chi connectivity index (χ1v) is 8.40. The molecule has 8 nitrogen and oxygen atoms in total. The molecule has 24 heavy (non-hydrogen) atoms. The van der Waals surface area contributed by atoms with Gasteiger partial charge in [-0.3, -0.25) is 9.48 Å². The number of aromatic nitrogens is 5. The van der Waals surface area contributed by atoms with Crippen LogP contribution in [0, 0.1) is 6.92 Å². The number of carbonyl (C=O) groups is 1. The molecular weight excluding hydrogens is 306 g/mol. The summed E-state index contributed by atoms with van der Waals surface area (Å²) in [6.45, 7) is 7.00. The molecule has 1 aliphatic rings. The lowest BCUT2D eigenvalue weighted by molar-refractivity contribution is -0.130. The Morgan fingerprint density at radius 3 is 2.42 bits per heavy atom. The van der Waals surface area contributed by atoms with E-state index in [1.54, 1.807) is 0 Å². The summed E-state index contributed by atoms with van der Waals surface area (Å²) in [5.41, 5.74) is 2.01. The maximum Gasteiger partial charge on any atom is 0.228 e. The van der Waals surface area contributed by atoms with Crippen LogP contribution in [0.3, 0.4) is 0 Å². The summed E-state index contributed by atoms with van der Waals surface area (Å²) in [7, 11) is 3.87. The van der Waals surface area contributed by atoms with Crippen molar-refractivity contribution in [3.8, 4) is 0 Å². The van der Waals surface area contributed by atoms with Crippen molar-refractivity contribution in [3.05, 3.63) is 23.3 Å². The van der Waals surface area contributed by atoms with Gasteiger partial charge in [-0.2, -0.15) is 5.10 Å². The van der Waals surface area contributed by atoms with Gasteiger partial charge in [0, 0.05) is 46.0 Å².